The largest absolute Gasteiger partial charge is 0.498 e. The molecule has 0 unspecified atom stereocenters. The quantitative estimate of drug-likeness (QED) is 0.111. The second-order valence-electron chi connectivity index (χ2n) is 27.2. The number of carbonyl (C=O) groups is 4. The zero-order chi connectivity index (χ0) is 65.2. The van der Waals surface area contributed by atoms with E-state index in [2.05, 4.69) is 26.8 Å². The number of nitrogens with one attached hydrogen (secondary N) is 2. The van der Waals surface area contributed by atoms with E-state index in [-0.39, 0.29) is 47.4 Å². The van der Waals surface area contributed by atoms with Gasteiger partial charge in [0.15, 0.2) is 13.2 Å². The number of ether oxygens (including phenoxy) is 2. The molecule has 18 nitrogen and oxygen atoms in total. The van der Waals surface area contributed by atoms with Crippen LogP contribution in [0.15, 0.2) is 65.1 Å². The van der Waals surface area contributed by atoms with E-state index in [1.807, 2.05) is 177 Å². The van der Waals surface area contributed by atoms with Gasteiger partial charge in [-0.2, -0.15) is 10.5 Å². The van der Waals surface area contributed by atoms with Gasteiger partial charge in [-0.25, -0.2) is 10.0 Å². The molecule has 7 rings (SSSR count). The summed E-state index contributed by atoms with van der Waals surface area (Å²) in [5.74, 6) is -0.747. The molecule has 462 valence electrons. The molecule has 3 aliphatic heterocycles. The molecule has 4 aromatic rings. The highest BCUT2D eigenvalue weighted by atomic mass is 79.9. The summed E-state index contributed by atoms with van der Waals surface area (Å²) < 4.78 is 48.1. The summed E-state index contributed by atoms with van der Waals surface area (Å²) >= 11 is 3.38. The van der Waals surface area contributed by atoms with E-state index in [4.69, 9.17) is 42.7 Å². The van der Waals surface area contributed by atoms with Crippen molar-refractivity contribution < 1.29 is 56.6 Å². The van der Waals surface area contributed by atoms with Crippen LogP contribution in [0.2, 0.25) is 0 Å². The number of hydrogen-bond donors (Lipinski definition) is 2. The molecule has 4 aromatic carbocycles. The van der Waals surface area contributed by atoms with Crippen molar-refractivity contribution in [3.8, 4) is 23.6 Å². The number of carbonyl (C=O) groups excluding carboxylic acids is 4. The van der Waals surface area contributed by atoms with Crippen molar-refractivity contribution >= 4 is 66.2 Å². The molecule has 0 aromatic heterocycles. The average Bonchev–Trinajstić information content (AvgIpc) is 1.91. The van der Waals surface area contributed by atoms with Crippen molar-refractivity contribution in [1.82, 2.24) is 20.9 Å². The van der Waals surface area contributed by atoms with Gasteiger partial charge in [-0.15, -0.1) is 0 Å². The van der Waals surface area contributed by atoms with Gasteiger partial charge < -0.3 is 37.4 Å². The molecule has 3 fully saturated rings. The van der Waals surface area contributed by atoms with Crippen molar-refractivity contribution in [2.45, 2.75) is 211 Å². The van der Waals surface area contributed by atoms with Crippen molar-refractivity contribution in [3.63, 3.8) is 0 Å². The van der Waals surface area contributed by atoms with Gasteiger partial charge in [-0.3, -0.25) is 30.0 Å². The third-order valence-corrected chi connectivity index (χ3v) is 16.9. The molecule has 3 saturated heterocycles. The molecule has 0 bridgehead atoms. The maximum Gasteiger partial charge on any atom is 0.498 e. The first kappa shape index (κ1) is 70.5. The minimum absolute atomic E-state index is 0.135. The van der Waals surface area contributed by atoms with Crippen LogP contribution < -0.4 is 25.8 Å². The fourth-order valence-electron chi connectivity index (χ4n) is 9.42. The van der Waals surface area contributed by atoms with E-state index in [1.54, 1.807) is 62.4 Å². The molecule has 0 aliphatic carbocycles. The zero-order valence-corrected chi connectivity index (χ0v) is 56.6. The Kier molecular flexibility index (Phi) is 21.5. The minimum atomic E-state index is -0.735. The van der Waals surface area contributed by atoms with Crippen LogP contribution in [-0.4, -0.2) is 113 Å². The summed E-state index contributed by atoms with van der Waals surface area (Å²) in [4.78, 5) is 53.4. The van der Waals surface area contributed by atoms with Crippen LogP contribution in [0.5, 0.6) is 11.5 Å². The first-order valence-electron chi connectivity index (χ1n) is 28.8. The van der Waals surface area contributed by atoms with E-state index in [9.17, 15) is 24.4 Å². The number of hydrazine groups is 2. The number of nitriles is 2. The highest BCUT2D eigenvalue weighted by Crippen LogP contribution is 2.43. The molecule has 4 amide bonds. The second kappa shape index (κ2) is 26.2. The lowest BCUT2D eigenvalue weighted by Crippen LogP contribution is -2.56. The van der Waals surface area contributed by atoms with Crippen LogP contribution in [-0.2, 0) is 27.9 Å². The van der Waals surface area contributed by atoms with Crippen LogP contribution in [0.1, 0.15) is 199 Å². The van der Waals surface area contributed by atoms with Gasteiger partial charge in [0.05, 0.1) is 49.2 Å². The summed E-state index contributed by atoms with van der Waals surface area (Å²) in [6.45, 7) is 46.0. The van der Waals surface area contributed by atoms with Gasteiger partial charge in [-0.1, -0.05) is 40.5 Å². The number of halogens is 1. The summed E-state index contributed by atoms with van der Waals surface area (Å²) in [6.07, 6.45) is 0. The number of benzene rings is 4. The number of aryl methyl sites for hydroxylation is 4. The number of amides is 4. The molecular weight excluding hydrogens is 1160 g/mol. The van der Waals surface area contributed by atoms with Crippen LogP contribution in [0.4, 0.5) is 0 Å². The summed E-state index contributed by atoms with van der Waals surface area (Å²) in [5.41, 5.74) is 8.82. The number of nitrogens with zero attached hydrogens (tertiary/aromatic N) is 4. The smallest absolute Gasteiger partial charge is 0.479 e. The lowest BCUT2D eigenvalue weighted by atomic mass is 9.49. The highest BCUT2D eigenvalue weighted by Gasteiger charge is 2.64. The van der Waals surface area contributed by atoms with E-state index in [0.717, 1.165) is 22.3 Å². The van der Waals surface area contributed by atoms with E-state index in [0.29, 0.717) is 54.8 Å². The molecule has 0 radical (unpaired) electrons. The molecule has 22 heteroatoms. The maximum atomic E-state index is 13.6. The predicted molar refractivity (Wildman–Crippen MR) is 339 cm³/mol. The van der Waals surface area contributed by atoms with Gasteiger partial charge in [0.1, 0.15) is 23.6 Å². The lowest BCUT2D eigenvalue weighted by molar-refractivity contribution is 0.00578. The Bertz CT molecular complexity index is 3180. The standard InChI is InChI=1S/C29H38BN3O5.C23H26BrN3O3.C12H24B2O4/c1-18-15-19(2)17-21(16-18)26(35)33(27(4,5)6)32-25(34)22-11-12-23(24(20(22)3)36-14-13-31)30-37-28(7,8)29(9,10)38-30;1-14-11-15(2)13-17(12-14)22(29)27(23(4,5)6)26-21(28)18-7-8-19(24)20(16(18)3)30-10-9-25;1-9(2)10(3,4)16-13(15-9)14-17-11(5,6)12(7,8)18-14/h11-12,15-17H,14H2,1-10H3,(H,32,34);7-8,11-13H,10H2,1-6H3,(H,26,28);1-8H3. The van der Waals surface area contributed by atoms with E-state index in [1.165, 1.54) is 10.0 Å². The second-order valence-corrected chi connectivity index (χ2v) is 28.0. The van der Waals surface area contributed by atoms with Crippen LogP contribution in [0.25, 0.3) is 0 Å². The first-order valence-corrected chi connectivity index (χ1v) is 29.6. The normalized spacial score (nSPS) is 17.6. The molecule has 3 aliphatic rings. The van der Waals surface area contributed by atoms with Crippen molar-refractivity contribution in [2.24, 2.45) is 0 Å². The average molecular weight is 1250 g/mol. The van der Waals surface area contributed by atoms with Gasteiger partial charge in [-0.05, 0) is 225 Å². The lowest BCUT2D eigenvalue weighted by Gasteiger charge is -2.36. The van der Waals surface area contributed by atoms with E-state index >= 15 is 0 Å². The zero-order valence-electron chi connectivity index (χ0n) is 55.0. The Morgan fingerprint density at radius 1 is 0.500 bits per heavy atom. The molecule has 3 heterocycles. The molecule has 86 heavy (non-hydrogen) atoms. The Labute approximate surface area is 520 Å². The van der Waals surface area contributed by atoms with Crippen molar-refractivity contribution in [3.05, 3.63) is 121 Å². The third kappa shape index (κ3) is 16.1. The fourth-order valence-corrected chi connectivity index (χ4v) is 9.96. The van der Waals surface area contributed by atoms with Crippen LogP contribution in [0.3, 0.4) is 0 Å². The maximum absolute atomic E-state index is 13.6. The summed E-state index contributed by atoms with van der Waals surface area (Å²) in [7, 11) is -1.69. The van der Waals surface area contributed by atoms with E-state index < -0.39 is 55.2 Å². The van der Waals surface area contributed by atoms with Crippen molar-refractivity contribution in [1.29, 1.82) is 10.5 Å². The highest BCUT2D eigenvalue weighted by molar-refractivity contribution is 9.10. The SMILES string of the molecule is CC1(C)OB(B2OC(C)(C)C(C)(C)O2)OC1(C)C.Cc1cc(C)cc(C(=O)N(NC(=O)c2ccc(B3OC(C)(C)C(C)(C)O3)c(OCC#N)c2C)C(C)(C)C)c1.Cc1cc(C)cc(C(=O)N(NC(=O)c2ccc(Br)c(OCC#N)c2C)C(C)(C)C)c1. The molecule has 0 spiro atoms. The summed E-state index contributed by atoms with van der Waals surface area (Å²) in [6, 6.07) is 21.8. The monoisotopic (exact) mass is 1240 g/mol. The topological polar surface area (TPSA) is 220 Å². The number of hydrogen-bond acceptors (Lipinski definition) is 14. The van der Waals surface area contributed by atoms with Gasteiger partial charge >= 0.3 is 21.1 Å². The molecule has 0 atom stereocenters. The van der Waals surface area contributed by atoms with Crippen LogP contribution in [0, 0.1) is 64.2 Å². The number of rotatable bonds is 10. The fraction of sp³-hybridized carbons (Fsp3) is 0.531. The van der Waals surface area contributed by atoms with Crippen LogP contribution >= 0.6 is 15.9 Å². The van der Waals surface area contributed by atoms with Gasteiger partial charge in [0.2, 0.25) is 0 Å². The molecule has 0 saturated carbocycles. The Hall–Kier alpha value is -6.23. The minimum Gasteiger partial charge on any atom is -0.479 e. The Balaban J connectivity index is 0.000000250. The Morgan fingerprint density at radius 2 is 0.802 bits per heavy atom. The van der Waals surface area contributed by atoms with Gasteiger partial charge in [0, 0.05) is 38.8 Å². The molecule has 2 N–H and O–H groups in total. The van der Waals surface area contributed by atoms with Crippen molar-refractivity contribution in [2.75, 3.05) is 13.2 Å². The predicted octanol–water partition coefficient (Wildman–Crippen LogP) is 11.5. The Morgan fingerprint density at radius 3 is 1.13 bits per heavy atom. The third-order valence-electron chi connectivity index (χ3n) is 16.2. The van der Waals surface area contributed by atoms with Gasteiger partial charge in [0.25, 0.3) is 23.6 Å². The first-order chi connectivity index (χ1) is 39.3. The summed E-state index contributed by atoms with van der Waals surface area (Å²) in [5, 5.41) is 20.7. The molecular formula is C64H88B3BrN6O12.